The van der Waals surface area contributed by atoms with Gasteiger partial charge in [-0.3, -0.25) is 20.2 Å². The molecular formula is C37H51N5O4+2. The molecular weight excluding hydrogens is 578 g/mol. The topological polar surface area (TPSA) is 120 Å². The molecule has 3 aromatic rings. The maximum absolute atomic E-state index is 11.5. The molecule has 9 heteroatoms. The third-order valence-corrected chi connectivity index (χ3v) is 8.07. The molecule has 0 fully saturated rings. The van der Waals surface area contributed by atoms with E-state index in [0.29, 0.717) is 5.69 Å². The number of non-ortho nitro benzene ring substituents is 1. The molecule has 1 aromatic carbocycles. The molecule has 2 N–H and O–H groups in total. The van der Waals surface area contributed by atoms with Crippen LogP contribution in [0.25, 0.3) is 5.69 Å². The number of unbranched alkanes of at least 4 members (excludes halogenated alkanes) is 9. The van der Waals surface area contributed by atoms with Gasteiger partial charge in [-0.1, -0.05) is 56.4 Å². The van der Waals surface area contributed by atoms with Crippen LogP contribution in [-0.2, 0) is 19.4 Å². The molecule has 3 rings (SSSR count). The van der Waals surface area contributed by atoms with E-state index in [1.807, 2.05) is 18.3 Å². The normalized spacial score (nSPS) is 11.5. The van der Waals surface area contributed by atoms with E-state index < -0.39 is 9.85 Å². The molecule has 0 aliphatic heterocycles. The molecule has 9 nitrogen and oxygen atoms in total. The van der Waals surface area contributed by atoms with Crippen LogP contribution in [0.15, 0.2) is 91.6 Å². The summed E-state index contributed by atoms with van der Waals surface area (Å²) < 4.78 is 3.97. The van der Waals surface area contributed by atoms with Crippen LogP contribution in [0.1, 0.15) is 94.6 Å². The Bertz CT molecular complexity index is 1420. The Morgan fingerprint density at radius 3 is 1.91 bits per heavy atom. The first kappa shape index (κ1) is 36.2. The predicted molar refractivity (Wildman–Crippen MR) is 183 cm³/mol. The van der Waals surface area contributed by atoms with Gasteiger partial charge in [0.15, 0.2) is 31.3 Å². The second kappa shape index (κ2) is 21.5. The molecule has 0 unspecified atom stereocenters. The first-order valence-corrected chi connectivity index (χ1v) is 16.9. The monoisotopic (exact) mass is 629 g/mol. The fraction of sp³-hybridized carbons (Fsp3) is 0.459. The lowest BCUT2D eigenvalue weighted by atomic mass is 10.1. The molecule has 0 aliphatic rings. The van der Waals surface area contributed by atoms with E-state index in [1.54, 1.807) is 10.8 Å². The summed E-state index contributed by atoms with van der Waals surface area (Å²) >= 11 is 0. The average molecular weight is 630 g/mol. The number of nitro groups is 2. The van der Waals surface area contributed by atoms with Gasteiger partial charge in [0, 0.05) is 41.8 Å². The van der Waals surface area contributed by atoms with Crippen LogP contribution in [-0.4, -0.2) is 16.4 Å². The minimum absolute atomic E-state index is 0.287. The Hall–Kier alpha value is -4.24. The zero-order chi connectivity index (χ0) is 32.8. The van der Waals surface area contributed by atoms with Crippen LogP contribution in [0.5, 0.6) is 0 Å². The van der Waals surface area contributed by atoms with Gasteiger partial charge in [-0.05, 0) is 76.5 Å². The van der Waals surface area contributed by atoms with Crippen molar-refractivity contribution < 1.29 is 19.0 Å². The lowest BCUT2D eigenvalue weighted by molar-refractivity contribution is -0.696. The third-order valence-electron chi connectivity index (χ3n) is 8.07. The summed E-state index contributed by atoms with van der Waals surface area (Å²) in [6.45, 7) is 1.74. The summed E-state index contributed by atoms with van der Waals surface area (Å²) in [4.78, 5) is 21.4. The number of rotatable bonds is 23. The molecule has 0 saturated heterocycles. The highest BCUT2D eigenvalue weighted by atomic mass is 16.6. The van der Waals surface area contributed by atoms with Gasteiger partial charge in [-0.2, -0.15) is 4.57 Å². The Labute approximate surface area is 273 Å². The number of benzene rings is 1. The van der Waals surface area contributed by atoms with Crippen LogP contribution in [0.3, 0.4) is 0 Å². The second-order valence-electron chi connectivity index (χ2n) is 11.8. The SMILES string of the molecule is NCC/C=C/CCCCCCCCc1ccc[n+](CC/C=C/CCCCCc2ccc[n+](-c3ccc([N+](=O)[O-])cc3[N+](=O)[O-])c2)c1. The number of hydrogen-bond acceptors (Lipinski definition) is 5. The largest absolute Gasteiger partial charge is 0.347 e. The van der Waals surface area contributed by atoms with Gasteiger partial charge >= 0.3 is 5.69 Å². The van der Waals surface area contributed by atoms with Crippen molar-refractivity contribution in [1.29, 1.82) is 0 Å². The van der Waals surface area contributed by atoms with Crippen molar-refractivity contribution in [1.82, 2.24) is 0 Å². The fourth-order valence-corrected chi connectivity index (χ4v) is 5.53. The van der Waals surface area contributed by atoms with E-state index >= 15 is 0 Å². The van der Waals surface area contributed by atoms with Crippen molar-refractivity contribution in [3.63, 3.8) is 0 Å². The highest BCUT2D eigenvalue weighted by Crippen LogP contribution is 2.24. The van der Waals surface area contributed by atoms with Crippen LogP contribution >= 0.6 is 0 Å². The Morgan fingerprint density at radius 2 is 1.24 bits per heavy atom. The molecule has 0 spiro atoms. The molecule has 2 heterocycles. The van der Waals surface area contributed by atoms with Crippen molar-refractivity contribution in [2.24, 2.45) is 5.73 Å². The Kier molecular flexibility index (Phi) is 16.9. The lowest BCUT2D eigenvalue weighted by Gasteiger charge is -2.03. The summed E-state index contributed by atoms with van der Waals surface area (Å²) in [7, 11) is 0. The van der Waals surface area contributed by atoms with E-state index in [1.165, 1.54) is 62.6 Å². The van der Waals surface area contributed by atoms with E-state index in [2.05, 4.69) is 53.4 Å². The van der Waals surface area contributed by atoms with Gasteiger partial charge in [0.05, 0.1) is 9.85 Å². The van der Waals surface area contributed by atoms with Gasteiger partial charge < -0.3 is 5.73 Å². The summed E-state index contributed by atoms with van der Waals surface area (Å²) in [6.07, 6.45) is 34.4. The molecule has 246 valence electrons. The fourth-order valence-electron chi connectivity index (χ4n) is 5.53. The molecule has 0 radical (unpaired) electrons. The number of hydrogen-bond donors (Lipinski definition) is 1. The lowest BCUT2D eigenvalue weighted by Crippen LogP contribution is -2.32. The molecule has 46 heavy (non-hydrogen) atoms. The zero-order valence-corrected chi connectivity index (χ0v) is 27.2. The van der Waals surface area contributed by atoms with E-state index in [9.17, 15) is 20.2 Å². The smallest absolute Gasteiger partial charge is 0.330 e. The minimum Gasteiger partial charge on any atom is -0.330 e. The predicted octanol–water partition coefficient (Wildman–Crippen LogP) is 7.99. The van der Waals surface area contributed by atoms with Gasteiger partial charge in [0.1, 0.15) is 6.07 Å². The van der Waals surface area contributed by atoms with Crippen LogP contribution in [0.2, 0.25) is 0 Å². The van der Waals surface area contributed by atoms with Gasteiger partial charge in [0.25, 0.3) is 11.4 Å². The second-order valence-corrected chi connectivity index (χ2v) is 11.8. The quantitative estimate of drug-likeness (QED) is 0.0375. The van der Waals surface area contributed by atoms with Gasteiger partial charge in [-0.25, -0.2) is 4.57 Å². The number of nitrogens with two attached hydrogens (primary N) is 1. The minimum atomic E-state index is -0.623. The van der Waals surface area contributed by atoms with Crippen molar-refractivity contribution in [2.45, 2.75) is 103 Å². The number of aryl methyl sites for hydroxylation is 3. The molecule has 0 aliphatic carbocycles. The summed E-state index contributed by atoms with van der Waals surface area (Å²) in [5, 5.41) is 22.6. The van der Waals surface area contributed by atoms with Crippen molar-refractivity contribution >= 4 is 11.4 Å². The van der Waals surface area contributed by atoms with E-state index in [-0.39, 0.29) is 11.4 Å². The number of allylic oxidation sites excluding steroid dienone is 3. The van der Waals surface area contributed by atoms with Crippen LogP contribution in [0.4, 0.5) is 11.4 Å². The van der Waals surface area contributed by atoms with Crippen molar-refractivity contribution in [3.8, 4) is 5.69 Å². The van der Waals surface area contributed by atoms with Gasteiger partial charge in [0.2, 0.25) is 0 Å². The first-order valence-electron chi connectivity index (χ1n) is 16.9. The van der Waals surface area contributed by atoms with E-state index in [0.717, 1.165) is 76.1 Å². The van der Waals surface area contributed by atoms with Crippen molar-refractivity contribution in [3.05, 3.63) is 123 Å². The number of aromatic nitrogens is 2. The number of nitrogens with zero attached hydrogens (tertiary/aromatic N) is 4. The molecule has 0 saturated carbocycles. The standard InChI is InChI=1S/C37H51N5O4/c38-26-16-12-8-4-2-1-3-6-10-14-20-33-22-18-28-39(31-33)27-17-13-9-5-7-11-15-21-34-23-19-29-40(32-34)36-25-24-35(41(43)44)30-37(36)42(45)46/h8-9,12-13,18-19,22-25,28-32H,1-7,10-11,14-17,20-21,26-27,38H2/q+2/b12-8+,13-9+. The van der Waals surface area contributed by atoms with Crippen LogP contribution in [0, 0.1) is 20.2 Å². The molecule has 0 amide bonds. The number of nitro benzene ring substituents is 2. The Morgan fingerprint density at radius 1 is 0.652 bits per heavy atom. The maximum Gasteiger partial charge on any atom is 0.347 e. The Balaban J connectivity index is 1.28. The zero-order valence-electron chi connectivity index (χ0n) is 27.2. The van der Waals surface area contributed by atoms with Crippen LogP contribution < -0.4 is 14.9 Å². The highest BCUT2D eigenvalue weighted by Gasteiger charge is 2.26. The van der Waals surface area contributed by atoms with E-state index in [4.69, 9.17) is 5.73 Å². The van der Waals surface area contributed by atoms with Crippen molar-refractivity contribution in [2.75, 3.05) is 6.54 Å². The summed E-state index contributed by atoms with van der Waals surface area (Å²) in [5.41, 5.74) is 7.73. The average Bonchev–Trinajstić information content (AvgIpc) is 3.06. The summed E-state index contributed by atoms with van der Waals surface area (Å²) in [5.74, 6) is 0. The third kappa shape index (κ3) is 13.8. The highest BCUT2D eigenvalue weighted by molar-refractivity contribution is 5.53. The summed E-state index contributed by atoms with van der Waals surface area (Å²) in [6, 6.07) is 12.0. The maximum atomic E-state index is 11.5. The van der Waals surface area contributed by atoms with Gasteiger partial charge in [-0.15, -0.1) is 0 Å². The molecule has 0 bridgehead atoms. The molecule has 2 aromatic heterocycles. The molecule has 0 atom stereocenters. The first-order chi connectivity index (χ1) is 22.5. The number of pyridine rings is 2.